The number of hydrogen-bond donors (Lipinski definition) is 1. The largest absolute Gasteiger partial charge is 0.358 e. The van der Waals surface area contributed by atoms with Gasteiger partial charge in [0.25, 0.3) is 5.56 Å². The lowest BCUT2D eigenvalue weighted by molar-refractivity contribution is -0.121. The molecule has 1 rings (SSSR count). The molecule has 1 N–H and O–H groups in total. The van der Waals surface area contributed by atoms with Gasteiger partial charge in [-0.15, -0.1) is 0 Å². The van der Waals surface area contributed by atoms with Gasteiger partial charge >= 0.3 is 0 Å². The van der Waals surface area contributed by atoms with E-state index in [0.717, 1.165) is 0 Å². The highest BCUT2D eigenvalue weighted by Crippen LogP contribution is 2.00. The molecule has 0 aliphatic carbocycles. The van der Waals surface area contributed by atoms with E-state index in [1.54, 1.807) is 6.92 Å². The Hall–Kier alpha value is -1.17. The second-order valence-electron chi connectivity index (χ2n) is 2.72. The molecule has 0 radical (unpaired) electrons. The first-order chi connectivity index (χ1) is 6.56. The minimum absolute atomic E-state index is 0.00634. The molecule has 1 amide bonds. The highest BCUT2D eigenvalue weighted by molar-refractivity contribution is 9.10. The molecule has 14 heavy (non-hydrogen) atoms. The van der Waals surface area contributed by atoms with Gasteiger partial charge in [0, 0.05) is 13.2 Å². The molecular weight excluding hydrogens is 250 g/mol. The Morgan fingerprint density at radius 2 is 2.36 bits per heavy atom. The summed E-state index contributed by atoms with van der Waals surface area (Å²) < 4.78 is 1.66. The van der Waals surface area contributed by atoms with Crippen LogP contribution in [0.15, 0.2) is 15.5 Å². The van der Waals surface area contributed by atoms with Crippen LogP contribution in [-0.2, 0) is 11.3 Å². The molecule has 76 valence electrons. The number of amides is 1. The van der Waals surface area contributed by atoms with Crippen molar-refractivity contribution in [3.8, 4) is 0 Å². The summed E-state index contributed by atoms with van der Waals surface area (Å²) in [6, 6.07) is 0. The fraction of sp³-hybridized carbons (Fsp3) is 0.375. The predicted molar refractivity (Wildman–Crippen MR) is 55.0 cm³/mol. The molecule has 0 saturated carbocycles. The second kappa shape index (κ2) is 4.36. The maximum Gasteiger partial charge on any atom is 0.268 e. The van der Waals surface area contributed by atoms with Crippen molar-refractivity contribution in [2.24, 2.45) is 0 Å². The SMILES string of the molecule is CNC(=O)Cn1c(C)ncc(Br)c1=O. The molecule has 0 fully saturated rings. The van der Waals surface area contributed by atoms with E-state index in [9.17, 15) is 9.59 Å². The summed E-state index contributed by atoms with van der Waals surface area (Å²) in [5.41, 5.74) is -0.249. The van der Waals surface area contributed by atoms with Gasteiger partial charge in [-0.1, -0.05) is 0 Å². The second-order valence-corrected chi connectivity index (χ2v) is 3.57. The Morgan fingerprint density at radius 1 is 1.71 bits per heavy atom. The van der Waals surface area contributed by atoms with E-state index < -0.39 is 0 Å². The van der Waals surface area contributed by atoms with Crippen molar-refractivity contribution in [3.05, 3.63) is 26.8 Å². The zero-order valence-corrected chi connectivity index (χ0v) is 9.46. The normalized spacial score (nSPS) is 9.93. The Kier molecular flexibility index (Phi) is 3.40. The molecule has 0 unspecified atom stereocenters. The Labute approximate surface area is 89.3 Å². The van der Waals surface area contributed by atoms with Gasteiger partial charge in [-0.25, -0.2) is 4.98 Å². The third-order valence-corrected chi connectivity index (χ3v) is 2.33. The quantitative estimate of drug-likeness (QED) is 0.817. The lowest BCUT2D eigenvalue weighted by Gasteiger charge is -2.07. The van der Waals surface area contributed by atoms with Crippen molar-refractivity contribution in [3.63, 3.8) is 0 Å². The molecule has 0 aliphatic rings. The fourth-order valence-electron chi connectivity index (χ4n) is 0.960. The van der Waals surface area contributed by atoms with Gasteiger partial charge in [0.2, 0.25) is 5.91 Å². The molecule has 5 nitrogen and oxygen atoms in total. The van der Waals surface area contributed by atoms with Crippen LogP contribution >= 0.6 is 15.9 Å². The van der Waals surface area contributed by atoms with E-state index in [-0.39, 0.29) is 18.0 Å². The van der Waals surface area contributed by atoms with E-state index in [2.05, 4.69) is 26.2 Å². The maximum atomic E-state index is 11.5. The van der Waals surface area contributed by atoms with Crippen LogP contribution in [0.2, 0.25) is 0 Å². The third-order valence-electron chi connectivity index (χ3n) is 1.79. The van der Waals surface area contributed by atoms with E-state index in [1.165, 1.54) is 17.8 Å². The van der Waals surface area contributed by atoms with E-state index >= 15 is 0 Å². The van der Waals surface area contributed by atoms with Crippen LogP contribution in [0, 0.1) is 6.92 Å². The van der Waals surface area contributed by atoms with Crippen LogP contribution in [0.3, 0.4) is 0 Å². The number of halogens is 1. The number of nitrogens with zero attached hydrogens (tertiary/aromatic N) is 2. The van der Waals surface area contributed by atoms with Gasteiger partial charge < -0.3 is 5.32 Å². The highest BCUT2D eigenvalue weighted by Gasteiger charge is 2.08. The minimum Gasteiger partial charge on any atom is -0.358 e. The van der Waals surface area contributed by atoms with Gasteiger partial charge in [-0.2, -0.15) is 0 Å². The third kappa shape index (κ3) is 2.20. The van der Waals surface area contributed by atoms with Crippen LogP contribution in [0.1, 0.15) is 5.82 Å². The number of carbonyl (C=O) groups excluding carboxylic acids is 1. The van der Waals surface area contributed by atoms with Crippen molar-refractivity contribution in [1.29, 1.82) is 0 Å². The van der Waals surface area contributed by atoms with Crippen molar-refractivity contribution >= 4 is 21.8 Å². The first-order valence-corrected chi connectivity index (χ1v) is 4.78. The average molecular weight is 260 g/mol. The number of hydrogen-bond acceptors (Lipinski definition) is 3. The lowest BCUT2D eigenvalue weighted by Crippen LogP contribution is -2.32. The maximum absolute atomic E-state index is 11.5. The van der Waals surface area contributed by atoms with Gasteiger partial charge in [-0.05, 0) is 22.9 Å². The highest BCUT2D eigenvalue weighted by atomic mass is 79.9. The predicted octanol–water partition coefficient (Wildman–Crippen LogP) is 0.0602. The molecule has 6 heteroatoms. The molecule has 1 heterocycles. The molecule has 0 aliphatic heterocycles. The molecule has 1 aromatic rings. The summed E-state index contributed by atoms with van der Waals surface area (Å²) in [7, 11) is 1.52. The van der Waals surface area contributed by atoms with E-state index in [4.69, 9.17) is 0 Å². The van der Waals surface area contributed by atoms with Crippen LogP contribution in [-0.4, -0.2) is 22.5 Å². The molecule has 0 saturated heterocycles. The zero-order valence-electron chi connectivity index (χ0n) is 7.87. The van der Waals surface area contributed by atoms with Crippen LogP contribution in [0.25, 0.3) is 0 Å². The van der Waals surface area contributed by atoms with Gasteiger partial charge in [0.05, 0.1) is 0 Å². The number of carbonyl (C=O) groups is 1. The summed E-state index contributed by atoms with van der Waals surface area (Å²) in [4.78, 5) is 26.6. The molecule has 0 aromatic carbocycles. The Bertz CT molecular complexity index is 414. The molecule has 1 aromatic heterocycles. The first kappa shape index (κ1) is 10.9. The zero-order chi connectivity index (χ0) is 10.7. The van der Waals surface area contributed by atoms with Gasteiger partial charge in [-0.3, -0.25) is 14.2 Å². The first-order valence-electron chi connectivity index (χ1n) is 3.98. The van der Waals surface area contributed by atoms with Crippen LogP contribution in [0.4, 0.5) is 0 Å². The molecule has 0 spiro atoms. The minimum atomic E-state index is -0.249. The molecule has 0 atom stereocenters. The smallest absolute Gasteiger partial charge is 0.268 e. The average Bonchev–Trinajstić information content (AvgIpc) is 2.18. The summed E-state index contributed by atoms with van der Waals surface area (Å²) in [5, 5.41) is 2.45. The fourth-order valence-corrected chi connectivity index (χ4v) is 1.28. The summed E-state index contributed by atoms with van der Waals surface area (Å²) >= 11 is 3.06. The Morgan fingerprint density at radius 3 is 2.93 bits per heavy atom. The molecular formula is C8H10BrN3O2. The van der Waals surface area contributed by atoms with Crippen molar-refractivity contribution in [2.75, 3.05) is 7.05 Å². The van der Waals surface area contributed by atoms with Crippen LogP contribution < -0.4 is 10.9 Å². The standard InChI is InChI=1S/C8H10BrN3O2/c1-5-11-3-6(9)8(14)12(5)4-7(13)10-2/h3H,4H2,1-2H3,(H,10,13). The number of nitrogens with one attached hydrogen (secondary N) is 1. The van der Waals surface area contributed by atoms with Gasteiger partial charge in [0.15, 0.2) is 0 Å². The van der Waals surface area contributed by atoms with Crippen molar-refractivity contribution in [2.45, 2.75) is 13.5 Å². The summed E-state index contributed by atoms with van der Waals surface area (Å²) in [6.45, 7) is 1.67. The topological polar surface area (TPSA) is 64.0 Å². The number of aromatic nitrogens is 2. The number of likely N-dealkylation sites (N-methyl/N-ethyl adjacent to an activating group) is 1. The summed E-state index contributed by atoms with van der Waals surface area (Å²) in [5.74, 6) is 0.289. The lowest BCUT2D eigenvalue weighted by atomic mass is 10.5. The van der Waals surface area contributed by atoms with E-state index in [0.29, 0.717) is 10.3 Å². The monoisotopic (exact) mass is 259 g/mol. The van der Waals surface area contributed by atoms with Crippen molar-refractivity contribution < 1.29 is 4.79 Å². The molecule has 0 bridgehead atoms. The summed E-state index contributed by atoms with van der Waals surface area (Å²) in [6.07, 6.45) is 1.43. The van der Waals surface area contributed by atoms with Gasteiger partial charge in [0.1, 0.15) is 16.8 Å². The van der Waals surface area contributed by atoms with Crippen molar-refractivity contribution in [1.82, 2.24) is 14.9 Å². The van der Waals surface area contributed by atoms with Crippen LogP contribution in [0.5, 0.6) is 0 Å². The Balaban J connectivity index is 3.13. The number of aryl methyl sites for hydroxylation is 1. The van der Waals surface area contributed by atoms with E-state index in [1.807, 2.05) is 0 Å². The number of rotatable bonds is 2.